The number of hydrogen-bond donors (Lipinski definition) is 1. The minimum Gasteiger partial charge on any atom is -0.489 e. The van der Waals surface area contributed by atoms with Gasteiger partial charge in [-0.15, -0.1) is 0 Å². The lowest BCUT2D eigenvalue weighted by Crippen LogP contribution is -2.39. The second-order valence-corrected chi connectivity index (χ2v) is 6.22. The molecular formula is C16H18FN3O4. The molecule has 4 rings (SSSR count). The van der Waals surface area contributed by atoms with E-state index in [4.69, 9.17) is 9.47 Å². The molecule has 24 heavy (non-hydrogen) atoms. The van der Waals surface area contributed by atoms with Crippen molar-refractivity contribution >= 4 is 23.9 Å². The van der Waals surface area contributed by atoms with E-state index in [1.54, 1.807) is 6.07 Å². The van der Waals surface area contributed by atoms with Crippen LogP contribution in [0, 0.1) is 5.82 Å². The molecule has 1 aromatic carbocycles. The Labute approximate surface area is 138 Å². The summed E-state index contributed by atoms with van der Waals surface area (Å²) in [6.07, 6.45) is 1.57. The van der Waals surface area contributed by atoms with E-state index in [0.29, 0.717) is 30.1 Å². The molecule has 2 atom stereocenters. The van der Waals surface area contributed by atoms with Crippen LogP contribution in [0.1, 0.15) is 12.8 Å². The number of fused-ring (bicyclic) bond motifs is 3. The number of ether oxygens (including phenoxy) is 2. The molecule has 0 aromatic heterocycles. The van der Waals surface area contributed by atoms with Gasteiger partial charge in [0.25, 0.3) is 0 Å². The van der Waals surface area contributed by atoms with Crippen molar-refractivity contribution in [2.75, 3.05) is 36.0 Å². The number of carbonyl (C=O) groups is 2. The Kier molecular flexibility index (Phi) is 3.66. The van der Waals surface area contributed by atoms with E-state index in [-0.39, 0.29) is 19.1 Å². The fourth-order valence-corrected chi connectivity index (χ4v) is 3.61. The Morgan fingerprint density at radius 2 is 2.29 bits per heavy atom. The fraction of sp³-hybridized carbons (Fsp3) is 0.500. The average Bonchev–Trinajstić information content (AvgIpc) is 3.18. The molecule has 0 bridgehead atoms. The molecule has 0 aliphatic carbocycles. The number of rotatable bonds is 4. The van der Waals surface area contributed by atoms with Gasteiger partial charge in [0.2, 0.25) is 6.41 Å². The highest BCUT2D eigenvalue weighted by molar-refractivity contribution is 5.90. The van der Waals surface area contributed by atoms with Crippen molar-refractivity contribution in [2.24, 2.45) is 0 Å². The van der Waals surface area contributed by atoms with Crippen LogP contribution in [0.25, 0.3) is 0 Å². The predicted molar refractivity (Wildman–Crippen MR) is 83.9 cm³/mol. The van der Waals surface area contributed by atoms with Crippen molar-refractivity contribution in [2.45, 2.75) is 25.0 Å². The van der Waals surface area contributed by atoms with Crippen LogP contribution in [0.2, 0.25) is 0 Å². The number of cyclic esters (lactones) is 1. The fourth-order valence-electron chi connectivity index (χ4n) is 3.61. The van der Waals surface area contributed by atoms with Gasteiger partial charge in [-0.1, -0.05) is 0 Å². The Morgan fingerprint density at radius 1 is 1.42 bits per heavy atom. The number of nitrogens with one attached hydrogen (secondary N) is 1. The van der Waals surface area contributed by atoms with Crippen LogP contribution in [-0.4, -0.2) is 50.9 Å². The van der Waals surface area contributed by atoms with Gasteiger partial charge < -0.3 is 19.7 Å². The molecule has 1 aromatic rings. The molecule has 0 spiro atoms. The third kappa shape index (κ3) is 2.42. The first-order valence-corrected chi connectivity index (χ1v) is 8.05. The van der Waals surface area contributed by atoms with Gasteiger partial charge in [0.1, 0.15) is 24.1 Å². The molecule has 0 radical (unpaired) electrons. The SMILES string of the molecule is O=CNC[C@H]1CN(c2cc(F)c3c(c2)OC[C@@H]2CCCN32)C(=O)O1. The van der Waals surface area contributed by atoms with Gasteiger partial charge >= 0.3 is 6.09 Å². The molecule has 2 saturated heterocycles. The number of nitrogens with zero attached hydrogens (tertiary/aromatic N) is 2. The van der Waals surface area contributed by atoms with Gasteiger partial charge in [-0.2, -0.15) is 0 Å². The molecule has 2 amide bonds. The molecule has 7 nitrogen and oxygen atoms in total. The van der Waals surface area contributed by atoms with Crippen LogP contribution in [0.5, 0.6) is 5.75 Å². The number of hydrogen-bond acceptors (Lipinski definition) is 5. The number of anilines is 2. The quantitative estimate of drug-likeness (QED) is 0.839. The summed E-state index contributed by atoms with van der Waals surface area (Å²) in [5.41, 5.74) is 0.890. The van der Waals surface area contributed by atoms with E-state index in [1.807, 2.05) is 0 Å². The standard InChI is InChI=1S/C16H18FN3O4/c17-13-4-11(20-7-12(6-18-9-21)24-16(20)22)5-14-15(13)19-3-1-2-10(19)8-23-14/h4-5,9-10,12H,1-3,6-8H2,(H,18,21)/t10-,12-/m0/s1. The maximum absolute atomic E-state index is 14.7. The molecule has 1 N–H and O–H groups in total. The summed E-state index contributed by atoms with van der Waals surface area (Å²) < 4.78 is 25.6. The van der Waals surface area contributed by atoms with Crippen molar-refractivity contribution in [1.82, 2.24) is 5.32 Å². The summed E-state index contributed by atoms with van der Waals surface area (Å²) in [6, 6.07) is 3.26. The molecule has 0 saturated carbocycles. The predicted octanol–water partition coefficient (Wildman–Crippen LogP) is 1.26. The van der Waals surface area contributed by atoms with Gasteiger partial charge in [-0.3, -0.25) is 9.69 Å². The first kappa shape index (κ1) is 15.0. The van der Waals surface area contributed by atoms with Crippen LogP contribution in [0.3, 0.4) is 0 Å². The zero-order valence-electron chi connectivity index (χ0n) is 13.0. The summed E-state index contributed by atoms with van der Waals surface area (Å²) in [7, 11) is 0. The molecule has 2 fully saturated rings. The van der Waals surface area contributed by atoms with Crippen molar-refractivity contribution in [3.8, 4) is 5.75 Å². The van der Waals surface area contributed by atoms with Gasteiger partial charge in [0.15, 0.2) is 5.82 Å². The molecule has 3 aliphatic rings. The Hall–Kier alpha value is -2.51. The van der Waals surface area contributed by atoms with E-state index in [9.17, 15) is 14.0 Å². The van der Waals surface area contributed by atoms with E-state index < -0.39 is 18.0 Å². The van der Waals surface area contributed by atoms with Gasteiger partial charge in [0, 0.05) is 18.7 Å². The molecule has 3 aliphatic heterocycles. The minimum atomic E-state index is -0.554. The van der Waals surface area contributed by atoms with Gasteiger partial charge in [0.05, 0.1) is 24.8 Å². The Morgan fingerprint density at radius 3 is 3.12 bits per heavy atom. The third-order valence-electron chi connectivity index (χ3n) is 4.72. The summed E-state index contributed by atoms with van der Waals surface area (Å²) in [4.78, 5) is 25.8. The van der Waals surface area contributed by atoms with E-state index >= 15 is 0 Å². The second kappa shape index (κ2) is 5.85. The number of amides is 2. The van der Waals surface area contributed by atoms with E-state index in [1.165, 1.54) is 11.0 Å². The average molecular weight is 335 g/mol. The number of carbonyl (C=O) groups excluding carboxylic acids is 2. The third-order valence-corrected chi connectivity index (χ3v) is 4.72. The molecular weight excluding hydrogens is 317 g/mol. The zero-order chi connectivity index (χ0) is 16.7. The van der Waals surface area contributed by atoms with Crippen molar-refractivity contribution in [3.05, 3.63) is 17.9 Å². The molecule has 0 unspecified atom stereocenters. The van der Waals surface area contributed by atoms with Gasteiger partial charge in [-0.05, 0) is 12.8 Å². The van der Waals surface area contributed by atoms with E-state index in [2.05, 4.69) is 10.2 Å². The van der Waals surface area contributed by atoms with Crippen LogP contribution in [0.4, 0.5) is 20.6 Å². The monoisotopic (exact) mass is 335 g/mol. The Balaban J connectivity index is 1.60. The smallest absolute Gasteiger partial charge is 0.414 e. The Bertz CT molecular complexity index is 684. The summed E-state index contributed by atoms with van der Waals surface area (Å²) in [6.45, 7) is 1.84. The van der Waals surface area contributed by atoms with Gasteiger partial charge in [-0.25, -0.2) is 9.18 Å². The van der Waals surface area contributed by atoms with Crippen molar-refractivity contribution in [1.29, 1.82) is 0 Å². The lowest BCUT2D eigenvalue weighted by Gasteiger charge is -2.34. The highest BCUT2D eigenvalue weighted by Gasteiger charge is 2.37. The number of halogens is 1. The highest BCUT2D eigenvalue weighted by Crippen LogP contribution is 2.42. The van der Waals surface area contributed by atoms with Crippen LogP contribution >= 0.6 is 0 Å². The maximum Gasteiger partial charge on any atom is 0.414 e. The van der Waals surface area contributed by atoms with Crippen LogP contribution in [0.15, 0.2) is 12.1 Å². The normalized spacial score (nSPS) is 25.0. The van der Waals surface area contributed by atoms with Crippen molar-refractivity contribution < 1.29 is 23.5 Å². The summed E-state index contributed by atoms with van der Waals surface area (Å²) in [5.74, 6) is 0.0711. The zero-order valence-corrected chi connectivity index (χ0v) is 13.0. The van der Waals surface area contributed by atoms with Crippen molar-refractivity contribution in [3.63, 3.8) is 0 Å². The molecule has 8 heteroatoms. The summed E-state index contributed by atoms with van der Waals surface area (Å²) >= 11 is 0. The molecule has 128 valence electrons. The maximum atomic E-state index is 14.7. The van der Waals surface area contributed by atoms with Crippen LogP contribution < -0.4 is 19.9 Å². The molecule has 3 heterocycles. The minimum absolute atomic E-state index is 0.227. The highest BCUT2D eigenvalue weighted by atomic mass is 19.1. The lowest BCUT2D eigenvalue weighted by atomic mass is 10.1. The second-order valence-electron chi connectivity index (χ2n) is 6.22. The lowest BCUT2D eigenvalue weighted by molar-refractivity contribution is -0.109. The largest absolute Gasteiger partial charge is 0.489 e. The van der Waals surface area contributed by atoms with E-state index in [0.717, 1.165) is 19.4 Å². The first-order chi connectivity index (χ1) is 11.7. The summed E-state index contributed by atoms with van der Waals surface area (Å²) in [5, 5.41) is 2.48. The van der Waals surface area contributed by atoms with Crippen LogP contribution in [-0.2, 0) is 9.53 Å². The number of benzene rings is 1. The topological polar surface area (TPSA) is 71.1 Å². The first-order valence-electron chi connectivity index (χ1n) is 8.05.